The van der Waals surface area contributed by atoms with E-state index in [0.717, 1.165) is 30.2 Å². The van der Waals surface area contributed by atoms with Gasteiger partial charge in [0.1, 0.15) is 5.82 Å². The molecule has 2 N–H and O–H groups in total. The van der Waals surface area contributed by atoms with Crippen LogP contribution in [0.15, 0.2) is 48.5 Å². The summed E-state index contributed by atoms with van der Waals surface area (Å²) in [7, 11) is 0. The van der Waals surface area contributed by atoms with Gasteiger partial charge in [-0.3, -0.25) is 0 Å². The molecule has 0 atom stereocenters. The molecule has 23 heavy (non-hydrogen) atoms. The van der Waals surface area contributed by atoms with E-state index >= 15 is 0 Å². The molecule has 2 nitrogen and oxygen atoms in total. The molecule has 2 rings (SSSR count). The largest absolute Gasteiger partial charge is 0.362 e. The summed E-state index contributed by atoms with van der Waals surface area (Å²) in [6, 6.07) is 14.8. The van der Waals surface area contributed by atoms with E-state index in [1.165, 1.54) is 23.3 Å². The van der Waals surface area contributed by atoms with Gasteiger partial charge in [0.15, 0.2) is 5.11 Å². The molecule has 0 fully saturated rings. The molecule has 0 bridgehead atoms. The van der Waals surface area contributed by atoms with Crippen molar-refractivity contribution in [3.8, 4) is 0 Å². The van der Waals surface area contributed by atoms with Gasteiger partial charge in [-0.15, -0.1) is 0 Å². The third kappa shape index (κ3) is 7.01. The third-order valence-electron chi connectivity index (χ3n) is 3.20. The van der Waals surface area contributed by atoms with E-state index in [4.69, 9.17) is 12.2 Å². The van der Waals surface area contributed by atoms with Crippen molar-refractivity contribution in [3.05, 3.63) is 65.5 Å². The molecule has 2 aromatic carbocycles. The summed E-state index contributed by atoms with van der Waals surface area (Å²) in [4.78, 5) is 0. The molecule has 0 heterocycles. The molecule has 5 heteroatoms. The highest BCUT2D eigenvalue weighted by Crippen LogP contribution is 2.14. The first kappa shape index (κ1) is 17.8. The first-order valence-corrected chi connectivity index (χ1v) is 9.13. The van der Waals surface area contributed by atoms with Crippen LogP contribution in [-0.4, -0.2) is 17.4 Å². The predicted molar refractivity (Wildman–Crippen MR) is 103 cm³/mol. The second-order valence-corrected chi connectivity index (χ2v) is 6.80. The number of thioether (sulfide) groups is 1. The van der Waals surface area contributed by atoms with Crippen molar-refractivity contribution in [1.82, 2.24) is 5.32 Å². The van der Waals surface area contributed by atoms with E-state index in [2.05, 4.69) is 41.8 Å². The molecule has 0 aliphatic carbocycles. The highest BCUT2D eigenvalue weighted by atomic mass is 32.2. The Bertz CT molecular complexity index is 629. The standard InChI is InChI=1S/C18H21FN2S2/c1-14-4-2-5-15(12-14)13-23-11-3-10-20-18(22)21-17-8-6-16(19)7-9-17/h2,4-9,12H,3,10-11,13H2,1H3,(H2,20,21,22). The smallest absolute Gasteiger partial charge is 0.170 e. The minimum Gasteiger partial charge on any atom is -0.362 e. The van der Waals surface area contributed by atoms with Gasteiger partial charge < -0.3 is 10.6 Å². The molecule has 0 saturated heterocycles. The molecule has 0 radical (unpaired) electrons. The number of halogens is 1. The minimum absolute atomic E-state index is 0.250. The Labute approximate surface area is 146 Å². The van der Waals surface area contributed by atoms with E-state index in [1.807, 2.05) is 11.8 Å². The highest BCUT2D eigenvalue weighted by molar-refractivity contribution is 7.98. The topological polar surface area (TPSA) is 24.1 Å². The summed E-state index contributed by atoms with van der Waals surface area (Å²) in [6.45, 7) is 2.95. The first-order chi connectivity index (χ1) is 11.1. The SMILES string of the molecule is Cc1cccc(CSCCCNC(=S)Nc2ccc(F)cc2)c1. The summed E-state index contributed by atoms with van der Waals surface area (Å²) in [6.07, 6.45) is 1.04. The predicted octanol–water partition coefficient (Wildman–Crippen LogP) is 4.74. The number of hydrogen-bond acceptors (Lipinski definition) is 2. The zero-order valence-electron chi connectivity index (χ0n) is 13.1. The second kappa shape index (κ2) is 9.53. The fraction of sp³-hybridized carbons (Fsp3) is 0.278. The van der Waals surface area contributed by atoms with E-state index in [-0.39, 0.29) is 5.82 Å². The molecule has 122 valence electrons. The van der Waals surface area contributed by atoms with E-state index < -0.39 is 0 Å². The normalized spacial score (nSPS) is 10.3. The van der Waals surface area contributed by atoms with Crippen LogP contribution >= 0.6 is 24.0 Å². The Balaban J connectivity index is 1.56. The maximum absolute atomic E-state index is 12.8. The number of benzene rings is 2. The summed E-state index contributed by atoms with van der Waals surface area (Å²) in [5, 5.41) is 6.78. The fourth-order valence-electron chi connectivity index (χ4n) is 2.08. The van der Waals surface area contributed by atoms with Crippen molar-refractivity contribution >= 4 is 34.8 Å². The lowest BCUT2D eigenvalue weighted by Crippen LogP contribution is -2.29. The van der Waals surface area contributed by atoms with Crippen LogP contribution in [-0.2, 0) is 5.75 Å². The Morgan fingerprint density at radius 3 is 2.70 bits per heavy atom. The summed E-state index contributed by atoms with van der Waals surface area (Å²) in [5.41, 5.74) is 3.47. The van der Waals surface area contributed by atoms with E-state index in [1.54, 1.807) is 12.1 Å². The lowest BCUT2D eigenvalue weighted by molar-refractivity contribution is 0.628. The van der Waals surface area contributed by atoms with Gasteiger partial charge in [0.2, 0.25) is 0 Å². The molecule has 2 aromatic rings. The Hall–Kier alpha value is -1.59. The van der Waals surface area contributed by atoms with Crippen molar-refractivity contribution in [2.24, 2.45) is 0 Å². The van der Waals surface area contributed by atoms with Crippen LogP contribution in [0, 0.1) is 12.7 Å². The Morgan fingerprint density at radius 2 is 1.96 bits per heavy atom. The van der Waals surface area contributed by atoms with Gasteiger partial charge >= 0.3 is 0 Å². The quantitative estimate of drug-likeness (QED) is 0.557. The van der Waals surface area contributed by atoms with Gasteiger partial charge in [-0.25, -0.2) is 4.39 Å². The third-order valence-corrected chi connectivity index (χ3v) is 4.57. The van der Waals surface area contributed by atoms with Crippen LogP contribution in [0.4, 0.5) is 10.1 Å². The molecular weight excluding hydrogens is 327 g/mol. The van der Waals surface area contributed by atoms with Crippen LogP contribution in [0.3, 0.4) is 0 Å². The van der Waals surface area contributed by atoms with Crippen molar-refractivity contribution in [1.29, 1.82) is 0 Å². The maximum Gasteiger partial charge on any atom is 0.170 e. The van der Waals surface area contributed by atoms with E-state index in [9.17, 15) is 4.39 Å². The van der Waals surface area contributed by atoms with Crippen LogP contribution in [0.2, 0.25) is 0 Å². The lowest BCUT2D eigenvalue weighted by Gasteiger charge is -2.10. The number of hydrogen-bond donors (Lipinski definition) is 2. The monoisotopic (exact) mass is 348 g/mol. The Morgan fingerprint density at radius 1 is 1.17 bits per heavy atom. The summed E-state index contributed by atoms with van der Waals surface area (Å²) < 4.78 is 12.8. The lowest BCUT2D eigenvalue weighted by atomic mass is 10.2. The molecule has 0 unspecified atom stereocenters. The van der Waals surface area contributed by atoms with Crippen molar-refractivity contribution in [2.75, 3.05) is 17.6 Å². The van der Waals surface area contributed by atoms with Gasteiger partial charge in [0.25, 0.3) is 0 Å². The minimum atomic E-state index is -0.250. The number of rotatable bonds is 7. The van der Waals surface area contributed by atoms with E-state index in [0.29, 0.717) is 5.11 Å². The maximum atomic E-state index is 12.8. The van der Waals surface area contributed by atoms with Gasteiger partial charge in [-0.2, -0.15) is 11.8 Å². The number of aryl methyl sites for hydroxylation is 1. The van der Waals surface area contributed by atoms with Crippen LogP contribution in [0.5, 0.6) is 0 Å². The molecule has 0 aromatic heterocycles. The average Bonchev–Trinajstić information content (AvgIpc) is 2.53. The Kier molecular flexibility index (Phi) is 7.36. The summed E-state index contributed by atoms with van der Waals surface area (Å²) in [5.74, 6) is 1.88. The average molecular weight is 349 g/mol. The molecular formula is C18H21FN2S2. The molecule has 0 aliphatic heterocycles. The van der Waals surface area contributed by atoms with Gasteiger partial charge in [-0.1, -0.05) is 29.8 Å². The number of nitrogens with one attached hydrogen (secondary N) is 2. The van der Waals surface area contributed by atoms with Gasteiger partial charge in [-0.05, 0) is 61.1 Å². The molecule has 0 spiro atoms. The first-order valence-electron chi connectivity index (χ1n) is 7.57. The second-order valence-electron chi connectivity index (χ2n) is 5.28. The van der Waals surface area contributed by atoms with Crippen LogP contribution in [0.1, 0.15) is 17.5 Å². The molecule has 0 amide bonds. The van der Waals surface area contributed by atoms with Crippen molar-refractivity contribution in [2.45, 2.75) is 19.1 Å². The highest BCUT2D eigenvalue weighted by Gasteiger charge is 1.98. The van der Waals surface area contributed by atoms with Crippen LogP contribution in [0.25, 0.3) is 0 Å². The zero-order valence-corrected chi connectivity index (χ0v) is 14.8. The number of anilines is 1. The molecule has 0 aliphatic rings. The van der Waals surface area contributed by atoms with Crippen molar-refractivity contribution in [3.63, 3.8) is 0 Å². The van der Waals surface area contributed by atoms with Crippen molar-refractivity contribution < 1.29 is 4.39 Å². The van der Waals surface area contributed by atoms with Gasteiger partial charge in [0.05, 0.1) is 0 Å². The van der Waals surface area contributed by atoms with Gasteiger partial charge in [0, 0.05) is 18.0 Å². The molecule has 0 saturated carbocycles. The van der Waals surface area contributed by atoms with Crippen LogP contribution < -0.4 is 10.6 Å². The number of thiocarbonyl (C=S) groups is 1. The fourth-order valence-corrected chi connectivity index (χ4v) is 3.20. The zero-order chi connectivity index (χ0) is 16.5. The summed E-state index contributed by atoms with van der Waals surface area (Å²) >= 11 is 7.14.